The third-order valence-electron chi connectivity index (χ3n) is 3.95. The molecule has 0 amide bonds. The molecule has 0 N–H and O–H groups in total. The first-order valence-electron chi connectivity index (χ1n) is 6.41. The Morgan fingerprint density at radius 2 is 2.00 bits per heavy atom. The van der Waals surface area contributed by atoms with Crippen LogP contribution in [0.15, 0.2) is 11.6 Å². The predicted octanol–water partition coefficient (Wildman–Crippen LogP) is 2.41. The second kappa shape index (κ2) is 4.13. The molecule has 3 fully saturated rings. The molecule has 0 aromatic carbocycles. The number of fused-ring (bicyclic) bond motifs is 1. The van der Waals surface area contributed by atoms with Crippen LogP contribution in [0.2, 0.25) is 0 Å². The van der Waals surface area contributed by atoms with Crippen LogP contribution in [0, 0.1) is 0 Å². The highest BCUT2D eigenvalue weighted by atomic mass is 16.8. The fourth-order valence-corrected chi connectivity index (χ4v) is 3.06. The molecule has 1 spiro atoms. The Hall–Kier alpha value is -0.380. The lowest BCUT2D eigenvalue weighted by molar-refractivity contribution is -0.192. The van der Waals surface area contributed by atoms with E-state index in [1.807, 2.05) is 0 Å². The van der Waals surface area contributed by atoms with Crippen molar-refractivity contribution in [3.63, 3.8) is 0 Å². The van der Waals surface area contributed by atoms with Gasteiger partial charge in [0.25, 0.3) is 0 Å². The van der Waals surface area contributed by atoms with Crippen molar-refractivity contribution < 1.29 is 14.2 Å². The lowest BCUT2D eigenvalue weighted by atomic mass is 9.94. The molecule has 2 saturated heterocycles. The number of hydrogen-bond donors (Lipinski definition) is 0. The lowest BCUT2D eigenvalue weighted by Crippen LogP contribution is -2.36. The zero-order chi connectivity index (χ0) is 11.0. The Balaban J connectivity index is 1.78. The molecule has 3 rings (SSSR count). The van der Waals surface area contributed by atoms with Gasteiger partial charge in [-0.25, -0.2) is 0 Å². The van der Waals surface area contributed by atoms with Crippen LogP contribution in [0.3, 0.4) is 0 Å². The maximum absolute atomic E-state index is 6.23. The minimum absolute atomic E-state index is 0.123. The van der Waals surface area contributed by atoms with Crippen molar-refractivity contribution in [2.24, 2.45) is 0 Å². The summed E-state index contributed by atoms with van der Waals surface area (Å²) in [6.45, 7) is 3.44. The molecule has 2 atom stereocenters. The average molecular weight is 224 g/mol. The van der Waals surface area contributed by atoms with Crippen LogP contribution >= 0.6 is 0 Å². The van der Waals surface area contributed by atoms with Crippen molar-refractivity contribution in [3.8, 4) is 0 Å². The van der Waals surface area contributed by atoms with E-state index in [0.717, 1.165) is 12.8 Å². The summed E-state index contributed by atoms with van der Waals surface area (Å²) < 4.78 is 17.9. The molecule has 0 aromatic heterocycles. The van der Waals surface area contributed by atoms with Gasteiger partial charge >= 0.3 is 0 Å². The van der Waals surface area contributed by atoms with Crippen molar-refractivity contribution in [3.05, 3.63) is 11.6 Å². The maximum atomic E-state index is 6.23. The van der Waals surface area contributed by atoms with Gasteiger partial charge in [-0.3, -0.25) is 0 Å². The summed E-state index contributed by atoms with van der Waals surface area (Å²) in [5.74, 6) is -0.282. The highest BCUT2D eigenvalue weighted by Gasteiger charge is 2.50. The van der Waals surface area contributed by atoms with Crippen LogP contribution in [-0.2, 0) is 14.2 Å². The monoisotopic (exact) mass is 224 g/mol. The van der Waals surface area contributed by atoms with Gasteiger partial charge in [-0.2, -0.15) is 0 Å². The number of hydrogen-bond acceptors (Lipinski definition) is 3. The number of rotatable bonds is 0. The minimum atomic E-state index is -0.282. The van der Waals surface area contributed by atoms with Gasteiger partial charge in [0.05, 0.1) is 13.2 Å². The molecule has 0 bridgehead atoms. The third kappa shape index (κ3) is 1.71. The van der Waals surface area contributed by atoms with Crippen LogP contribution in [0.25, 0.3) is 0 Å². The molecule has 2 unspecified atom stereocenters. The van der Waals surface area contributed by atoms with Gasteiger partial charge in [-0.15, -0.1) is 0 Å². The molecule has 1 saturated carbocycles. The molecule has 3 aliphatic rings. The number of allylic oxidation sites excluding steroid dienone is 1. The van der Waals surface area contributed by atoms with Crippen molar-refractivity contribution in [2.75, 3.05) is 13.2 Å². The molecule has 2 aliphatic heterocycles. The Morgan fingerprint density at radius 3 is 2.75 bits per heavy atom. The van der Waals surface area contributed by atoms with E-state index in [4.69, 9.17) is 14.2 Å². The second-order valence-corrected chi connectivity index (χ2v) is 5.04. The van der Waals surface area contributed by atoms with Gasteiger partial charge in [0.1, 0.15) is 12.2 Å². The van der Waals surface area contributed by atoms with Crippen molar-refractivity contribution >= 4 is 0 Å². The molecule has 1 aliphatic carbocycles. The summed E-state index contributed by atoms with van der Waals surface area (Å²) >= 11 is 0. The van der Waals surface area contributed by atoms with Gasteiger partial charge in [0.2, 0.25) is 0 Å². The van der Waals surface area contributed by atoms with E-state index >= 15 is 0 Å². The molecule has 90 valence electrons. The molecule has 3 heteroatoms. The summed E-state index contributed by atoms with van der Waals surface area (Å²) in [6.07, 6.45) is 8.26. The standard InChI is InChI=1S/C13H20O3/c1-2-10-8-14-9-11-12(10)16-13(15-11)6-4-3-5-7-13/h2,11-12H,3-9H2,1H3. The maximum Gasteiger partial charge on any atom is 0.169 e. The van der Waals surface area contributed by atoms with Crippen LogP contribution in [0.5, 0.6) is 0 Å². The van der Waals surface area contributed by atoms with Crippen molar-refractivity contribution in [2.45, 2.75) is 57.0 Å². The molecule has 0 aromatic rings. The first kappa shape index (κ1) is 10.8. The van der Waals surface area contributed by atoms with E-state index in [9.17, 15) is 0 Å². The van der Waals surface area contributed by atoms with Crippen LogP contribution in [0.4, 0.5) is 0 Å². The van der Waals surface area contributed by atoms with E-state index in [1.165, 1.54) is 24.8 Å². The van der Waals surface area contributed by atoms with Crippen molar-refractivity contribution in [1.29, 1.82) is 0 Å². The average Bonchev–Trinajstić information content (AvgIpc) is 2.67. The quantitative estimate of drug-likeness (QED) is 0.591. The van der Waals surface area contributed by atoms with Crippen LogP contribution in [-0.4, -0.2) is 31.2 Å². The highest BCUT2D eigenvalue weighted by molar-refractivity contribution is 5.15. The smallest absolute Gasteiger partial charge is 0.169 e. The third-order valence-corrected chi connectivity index (χ3v) is 3.95. The van der Waals surface area contributed by atoms with E-state index in [1.54, 1.807) is 0 Å². The molecule has 0 radical (unpaired) electrons. The van der Waals surface area contributed by atoms with Gasteiger partial charge < -0.3 is 14.2 Å². The van der Waals surface area contributed by atoms with Gasteiger partial charge in [-0.1, -0.05) is 12.5 Å². The van der Waals surface area contributed by atoms with E-state index < -0.39 is 0 Å². The normalized spacial score (nSPS) is 40.2. The number of ether oxygens (including phenoxy) is 3. The molecular formula is C13H20O3. The van der Waals surface area contributed by atoms with E-state index in [-0.39, 0.29) is 18.0 Å². The fourth-order valence-electron chi connectivity index (χ4n) is 3.06. The Morgan fingerprint density at radius 1 is 1.19 bits per heavy atom. The van der Waals surface area contributed by atoms with Gasteiger partial charge in [-0.05, 0) is 25.3 Å². The zero-order valence-electron chi connectivity index (χ0n) is 9.91. The molecular weight excluding hydrogens is 204 g/mol. The molecule has 3 nitrogen and oxygen atoms in total. The SMILES string of the molecule is CC=C1COCC2OC3(CCCCC3)OC12. The summed E-state index contributed by atoms with van der Waals surface area (Å²) in [7, 11) is 0. The summed E-state index contributed by atoms with van der Waals surface area (Å²) in [5.41, 5.74) is 1.25. The summed E-state index contributed by atoms with van der Waals surface area (Å²) in [5, 5.41) is 0. The zero-order valence-corrected chi connectivity index (χ0v) is 9.91. The highest BCUT2D eigenvalue weighted by Crippen LogP contribution is 2.43. The Labute approximate surface area is 96.8 Å². The summed E-state index contributed by atoms with van der Waals surface area (Å²) in [6, 6.07) is 0. The van der Waals surface area contributed by atoms with E-state index in [2.05, 4.69) is 13.0 Å². The fraction of sp³-hybridized carbons (Fsp3) is 0.846. The first-order valence-corrected chi connectivity index (χ1v) is 6.41. The first-order chi connectivity index (χ1) is 7.83. The molecule has 16 heavy (non-hydrogen) atoms. The Bertz CT molecular complexity index is 292. The second-order valence-electron chi connectivity index (χ2n) is 5.04. The van der Waals surface area contributed by atoms with Crippen LogP contribution in [0.1, 0.15) is 39.0 Å². The predicted molar refractivity (Wildman–Crippen MR) is 60.1 cm³/mol. The largest absolute Gasteiger partial charge is 0.374 e. The molecule has 2 heterocycles. The van der Waals surface area contributed by atoms with Crippen LogP contribution < -0.4 is 0 Å². The minimum Gasteiger partial charge on any atom is -0.374 e. The van der Waals surface area contributed by atoms with Gasteiger partial charge in [0.15, 0.2) is 5.79 Å². The lowest BCUT2D eigenvalue weighted by Gasteiger charge is -2.31. The van der Waals surface area contributed by atoms with Gasteiger partial charge in [0, 0.05) is 12.8 Å². The van der Waals surface area contributed by atoms with E-state index in [0.29, 0.717) is 13.2 Å². The topological polar surface area (TPSA) is 27.7 Å². The summed E-state index contributed by atoms with van der Waals surface area (Å²) in [4.78, 5) is 0. The van der Waals surface area contributed by atoms with Crippen molar-refractivity contribution in [1.82, 2.24) is 0 Å². The Kier molecular flexibility index (Phi) is 2.78.